The summed E-state index contributed by atoms with van der Waals surface area (Å²) in [6.07, 6.45) is 2.31. The minimum atomic E-state index is -3.17. The van der Waals surface area contributed by atoms with Gasteiger partial charge in [-0.2, -0.15) is 0 Å². The maximum atomic E-state index is 12.0. The second kappa shape index (κ2) is 5.97. The second-order valence-corrected chi connectivity index (χ2v) is 9.41. The molecule has 0 radical (unpaired) electrons. The molecule has 1 aliphatic carbocycles. The largest absolute Gasteiger partial charge is 0.493 e. The summed E-state index contributed by atoms with van der Waals surface area (Å²) < 4.78 is 28.8. The van der Waals surface area contributed by atoms with Crippen LogP contribution in [0, 0.1) is 0 Å². The maximum Gasteiger partial charge on any atom is 0.158 e. The Balaban J connectivity index is 2.00. The molecule has 118 valence electrons. The Kier molecular flexibility index (Phi) is 4.63. The molecule has 1 aromatic rings. The minimum absolute atomic E-state index is 0.00383. The number of benzene rings is 1. The van der Waals surface area contributed by atoms with Crippen molar-refractivity contribution < 1.29 is 18.3 Å². The van der Waals surface area contributed by atoms with Gasteiger partial charge < -0.3 is 9.84 Å². The van der Waals surface area contributed by atoms with Gasteiger partial charge in [-0.1, -0.05) is 6.07 Å². The van der Waals surface area contributed by atoms with Gasteiger partial charge in [-0.25, -0.2) is 8.42 Å². The Hall–Kier alpha value is -1.07. The van der Waals surface area contributed by atoms with E-state index in [1.807, 2.05) is 18.2 Å². The molecule has 0 fully saturated rings. The number of fused-ring (bicyclic) bond motifs is 1. The third-order valence-corrected chi connectivity index (χ3v) is 6.52. The van der Waals surface area contributed by atoms with Crippen molar-refractivity contribution >= 4 is 9.84 Å². The maximum absolute atomic E-state index is 12.0. The normalized spacial score (nSPS) is 19.1. The van der Waals surface area contributed by atoms with Crippen LogP contribution in [0.1, 0.15) is 50.8 Å². The van der Waals surface area contributed by atoms with E-state index in [4.69, 9.17) is 4.74 Å². The predicted octanol–water partition coefficient (Wildman–Crippen LogP) is 2.65. The van der Waals surface area contributed by atoms with E-state index in [0.29, 0.717) is 5.75 Å². The molecule has 0 saturated carbocycles. The van der Waals surface area contributed by atoms with E-state index in [2.05, 4.69) is 0 Å². The molecule has 4 nitrogen and oxygen atoms in total. The molecule has 0 unspecified atom stereocenters. The van der Waals surface area contributed by atoms with Crippen molar-refractivity contribution in [3.8, 4) is 5.75 Å². The highest BCUT2D eigenvalue weighted by Gasteiger charge is 2.28. The molecule has 0 saturated heterocycles. The van der Waals surface area contributed by atoms with Crippen molar-refractivity contribution in [1.29, 1.82) is 0 Å². The van der Waals surface area contributed by atoms with E-state index in [9.17, 15) is 13.5 Å². The summed E-state index contributed by atoms with van der Waals surface area (Å²) in [6.45, 7) is 5.21. The molecule has 1 aromatic carbocycles. The van der Waals surface area contributed by atoms with Gasteiger partial charge in [0.05, 0.1) is 16.6 Å². The van der Waals surface area contributed by atoms with E-state index in [1.54, 1.807) is 20.8 Å². The average molecular weight is 312 g/mol. The fourth-order valence-electron chi connectivity index (χ4n) is 2.42. The summed E-state index contributed by atoms with van der Waals surface area (Å²) in [5, 5.41) is 10.00. The zero-order chi connectivity index (χ0) is 15.7. The first-order valence-electron chi connectivity index (χ1n) is 7.37. The highest BCUT2D eigenvalue weighted by atomic mass is 32.2. The fourth-order valence-corrected chi connectivity index (χ4v) is 3.33. The molecule has 1 N–H and O–H groups in total. The van der Waals surface area contributed by atoms with Crippen LogP contribution in [0.25, 0.3) is 0 Å². The first kappa shape index (κ1) is 16.3. The van der Waals surface area contributed by atoms with Gasteiger partial charge in [0, 0.05) is 0 Å². The summed E-state index contributed by atoms with van der Waals surface area (Å²) in [4.78, 5) is 0. The lowest BCUT2D eigenvalue weighted by Crippen LogP contribution is -2.32. The van der Waals surface area contributed by atoms with Gasteiger partial charge in [-0.15, -0.1) is 0 Å². The quantitative estimate of drug-likeness (QED) is 0.928. The van der Waals surface area contributed by atoms with Crippen molar-refractivity contribution in [1.82, 2.24) is 0 Å². The molecular weight excluding hydrogens is 288 g/mol. The third kappa shape index (κ3) is 3.77. The molecule has 0 heterocycles. The van der Waals surface area contributed by atoms with Gasteiger partial charge in [-0.05, 0) is 63.3 Å². The number of aryl methyl sites for hydroxylation is 1. The van der Waals surface area contributed by atoms with Crippen LogP contribution in [0.15, 0.2) is 18.2 Å². The zero-order valence-electron chi connectivity index (χ0n) is 12.9. The molecule has 1 aliphatic rings. The highest BCUT2D eigenvalue weighted by Crippen LogP contribution is 2.32. The van der Waals surface area contributed by atoms with Crippen LogP contribution in [0.2, 0.25) is 0 Å². The number of rotatable bonds is 4. The van der Waals surface area contributed by atoms with Gasteiger partial charge in [0.2, 0.25) is 0 Å². The number of hydrogen-bond donors (Lipinski definition) is 1. The first-order chi connectivity index (χ1) is 9.71. The molecule has 0 aromatic heterocycles. The Bertz CT molecular complexity index is 599. The summed E-state index contributed by atoms with van der Waals surface area (Å²) in [5.74, 6) is 0.620. The Morgan fingerprint density at radius 1 is 1.33 bits per heavy atom. The van der Waals surface area contributed by atoms with E-state index >= 15 is 0 Å². The number of hydrogen-bond acceptors (Lipinski definition) is 4. The fraction of sp³-hybridized carbons (Fsp3) is 0.625. The first-order valence-corrected chi connectivity index (χ1v) is 9.02. The van der Waals surface area contributed by atoms with Gasteiger partial charge >= 0.3 is 0 Å². The van der Waals surface area contributed by atoms with Gasteiger partial charge in [0.1, 0.15) is 12.4 Å². The van der Waals surface area contributed by atoms with Crippen LogP contribution in [-0.2, 0) is 16.3 Å². The summed E-state index contributed by atoms with van der Waals surface area (Å²) in [7, 11) is -3.17. The number of sulfone groups is 1. The molecule has 21 heavy (non-hydrogen) atoms. The predicted molar refractivity (Wildman–Crippen MR) is 83.4 cm³/mol. The van der Waals surface area contributed by atoms with Crippen LogP contribution in [0.4, 0.5) is 0 Å². The van der Waals surface area contributed by atoms with Crippen LogP contribution in [0.5, 0.6) is 5.75 Å². The van der Waals surface area contributed by atoms with Gasteiger partial charge in [0.15, 0.2) is 9.84 Å². The third-order valence-electron chi connectivity index (χ3n) is 3.95. The van der Waals surface area contributed by atoms with E-state index in [1.165, 1.54) is 0 Å². The average Bonchev–Trinajstić information content (AvgIpc) is 2.38. The molecule has 0 aliphatic heterocycles. The van der Waals surface area contributed by atoms with Crippen molar-refractivity contribution in [2.24, 2.45) is 0 Å². The van der Waals surface area contributed by atoms with Gasteiger partial charge in [0.25, 0.3) is 0 Å². The molecule has 0 bridgehead atoms. The Morgan fingerprint density at radius 3 is 2.71 bits per heavy atom. The number of aliphatic hydroxyl groups is 1. The molecule has 0 amide bonds. The lowest BCUT2D eigenvalue weighted by atomic mass is 9.89. The van der Waals surface area contributed by atoms with Crippen molar-refractivity contribution in [2.75, 3.05) is 12.4 Å². The van der Waals surface area contributed by atoms with Crippen LogP contribution in [-0.4, -0.2) is 30.6 Å². The van der Waals surface area contributed by atoms with Crippen molar-refractivity contribution in [3.05, 3.63) is 29.3 Å². The lowest BCUT2D eigenvalue weighted by Gasteiger charge is -2.22. The summed E-state index contributed by atoms with van der Waals surface area (Å²) in [6, 6.07) is 5.65. The molecule has 1 atom stereocenters. The van der Waals surface area contributed by atoms with Gasteiger partial charge in [-0.3, -0.25) is 0 Å². The molecular formula is C16H24O4S. The summed E-state index contributed by atoms with van der Waals surface area (Å²) >= 11 is 0. The zero-order valence-corrected chi connectivity index (χ0v) is 13.7. The van der Waals surface area contributed by atoms with Crippen LogP contribution in [0.3, 0.4) is 0 Å². The highest BCUT2D eigenvalue weighted by molar-refractivity contribution is 7.92. The topological polar surface area (TPSA) is 63.6 Å². The standard InChI is InChI=1S/C16H24O4S/c1-16(2,3)21(18,19)10-9-20-13-8-7-12-5-4-6-15(17)14(12)11-13/h7-8,11,15,17H,4-6,9-10H2,1-3H3/t15-/m0/s1. The molecule has 0 spiro atoms. The molecule has 2 rings (SSSR count). The van der Waals surface area contributed by atoms with Crippen molar-refractivity contribution in [2.45, 2.75) is 50.9 Å². The SMILES string of the molecule is CC(C)(C)S(=O)(=O)CCOc1ccc2c(c1)[C@@H](O)CCC2. The minimum Gasteiger partial charge on any atom is -0.493 e. The number of aliphatic hydroxyl groups excluding tert-OH is 1. The van der Waals surface area contributed by atoms with E-state index < -0.39 is 20.7 Å². The smallest absolute Gasteiger partial charge is 0.158 e. The monoisotopic (exact) mass is 312 g/mol. The van der Waals surface area contributed by atoms with Crippen LogP contribution < -0.4 is 4.74 Å². The van der Waals surface area contributed by atoms with E-state index in [0.717, 1.165) is 30.4 Å². The lowest BCUT2D eigenvalue weighted by molar-refractivity contribution is 0.156. The number of ether oxygens (including phenoxy) is 1. The molecule has 5 heteroatoms. The summed E-state index contributed by atoms with van der Waals surface area (Å²) in [5.41, 5.74) is 2.07. The Morgan fingerprint density at radius 2 is 2.05 bits per heavy atom. The van der Waals surface area contributed by atoms with E-state index in [-0.39, 0.29) is 12.4 Å². The second-order valence-electron chi connectivity index (χ2n) is 6.55. The van der Waals surface area contributed by atoms with Crippen molar-refractivity contribution in [3.63, 3.8) is 0 Å². The Labute approximate surface area is 127 Å². The van der Waals surface area contributed by atoms with Crippen LogP contribution >= 0.6 is 0 Å².